The van der Waals surface area contributed by atoms with E-state index < -0.39 is 17.6 Å². The number of carbonyl (C=O) groups excluding carboxylic acids is 2. The molecule has 0 unspecified atom stereocenters. The van der Waals surface area contributed by atoms with Gasteiger partial charge in [-0.1, -0.05) is 29.8 Å². The molecule has 154 valence electrons. The van der Waals surface area contributed by atoms with Crippen LogP contribution in [0.5, 0.6) is 11.5 Å². The van der Waals surface area contributed by atoms with Crippen LogP contribution in [0.2, 0.25) is 5.02 Å². The van der Waals surface area contributed by atoms with Crippen LogP contribution in [0, 0.1) is 5.82 Å². The molecule has 0 heterocycles. The first-order valence-corrected chi connectivity index (χ1v) is 9.26. The number of hydrogen-bond acceptors (Lipinski definition) is 4. The SMILES string of the molecule is COc1cccc(NC(=O)c2ccccc2NC(=O)COc2ccc(F)c(Cl)c2)c1. The second-order valence-corrected chi connectivity index (χ2v) is 6.55. The molecule has 3 aromatic carbocycles. The zero-order valence-corrected chi connectivity index (χ0v) is 16.7. The van der Waals surface area contributed by atoms with E-state index in [0.29, 0.717) is 17.1 Å². The van der Waals surface area contributed by atoms with Crippen LogP contribution < -0.4 is 20.1 Å². The van der Waals surface area contributed by atoms with E-state index in [0.717, 1.165) is 6.07 Å². The largest absolute Gasteiger partial charge is 0.497 e. The van der Waals surface area contributed by atoms with Crippen LogP contribution in [0.1, 0.15) is 10.4 Å². The molecule has 0 aliphatic heterocycles. The lowest BCUT2D eigenvalue weighted by Gasteiger charge is -2.12. The average Bonchev–Trinajstić information content (AvgIpc) is 2.75. The summed E-state index contributed by atoms with van der Waals surface area (Å²) in [7, 11) is 1.54. The van der Waals surface area contributed by atoms with Crippen LogP contribution in [0.25, 0.3) is 0 Å². The number of methoxy groups -OCH3 is 1. The molecule has 0 spiro atoms. The third-order valence-corrected chi connectivity index (χ3v) is 4.32. The number of halogens is 2. The second kappa shape index (κ2) is 9.76. The summed E-state index contributed by atoms with van der Waals surface area (Å²) in [5, 5.41) is 5.30. The number of ether oxygens (including phenoxy) is 2. The molecule has 2 N–H and O–H groups in total. The van der Waals surface area contributed by atoms with Gasteiger partial charge in [0.25, 0.3) is 11.8 Å². The molecule has 2 amide bonds. The summed E-state index contributed by atoms with van der Waals surface area (Å²) in [4.78, 5) is 24.9. The highest BCUT2D eigenvalue weighted by Crippen LogP contribution is 2.22. The Morgan fingerprint density at radius 1 is 0.967 bits per heavy atom. The molecule has 3 aromatic rings. The summed E-state index contributed by atoms with van der Waals surface area (Å²) in [5.41, 5.74) is 1.15. The first-order chi connectivity index (χ1) is 14.5. The van der Waals surface area contributed by atoms with Crippen LogP contribution in [0.15, 0.2) is 66.7 Å². The number of anilines is 2. The molecule has 0 atom stereocenters. The number of rotatable bonds is 7. The lowest BCUT2D eigenvalue weighted by molar-refractivity contribution is -0.118. The Labute approximate surface area is 177 Å². The molecule has 8 heteroatoms. The minimum Gasteiger partial charge on any atom is -0.497 e. The van der Waals surface area contributed by atoms with Gasteiger partial charge in [0, 0.05) is 17.8 Å². The van der Waals surface area contributed by atoms with E-state index in [1.54, 1.807) is 48.5 Å². The van der Waals surface area contributed by atoms with Gasteiger partial charge < -0.3 is 20.1 Å². The fourth-order valence-electron chi connectivity index (χ4n) is 2.59. The number of carbonyl (C=O) groups is 2. The van der Waals surface area contributed by atoms with Crippen molar-refractivity contribution in [3.63, 3.8) is 0 Å². The summed E-state index contributed by atoms with van der Waals surface area (Å²) < 4.78 is 23.7. The van der Waals surface area contributed by atoms with Crippen molar-refractivity contribution in [2.45, 2.75) is 0 Å². The number of amides is 2. The maximum atomic E-state index is 13.2. The summed E-state index contributed by atoms with van der Waals surface area (Å²) in [6.07, 6.45) is 0. The standard InChI is InChI=1S/C22H18ClFN2O4/c1-29-15-6-4-5-14(11-15)25-22(28)17-7-2-3-8-20(17)26-21(27)13-30-16-9-10-19(24)18(23)12-16/h2-12H,13H2,1H3,(H,25,28)(H,26,27). The van der Waals surface area contributed by atoms with Crippen molar-refractivity contribution in [1.82, 2.24) is 0 Å². The summed E-state index contributed by atoms with van der Waals surface area (Å²) in [6.45, 7) is -0.339. The van der Waals surface area contributed by atoms with Gasteiger partial charge >= 0.3 is 0 Å². The first kappa shape index (κ1) is 21.1. The van der Waals surface area contributed by atoms with Gasteiger partial charge in [0.2, 0.25) is 0 Å². The van der Waals surface area contributed by atoms with Crippen molar-refractivity contribution in [3.05, 3.63) is 83.1 Å². The van der Waals surface area contributed by atoms with E-state index in [9.17, 15) is 14.0 Å². The highest BCUT2D eigenvalue weighted by molar-refractivity contribution is 6.30. The first-order valence-electron chi connectivity index (χ1n) is 8.88. The van der Waals surface area contributed by atoms with Crippen molar-refractivity contribution in [3.8, 4) is 11.5 Å². The molecule has 0 saturated heterocycles. The third-order valence-electron chi connectivity index (χ3n) is 4.03. The highest BCUT2D eigenvalue weighted by atomic mass is 35.5. The summed E-state index contributed by atoms with van der Waals surface area (Å²) >= 11 is 5.69. The highest BCUT2D eigenvalue weighted by Gasteiger charge is 2.14. The molecule has 6 nitrogen and oxygen atoms in total. The Morgan fingerprint density at radius 2 is 1.77 bits per heavy atom. The monoisotopic (exact) mass is 428 g/mol. The quantitative estimate of drug-likeness (QED) is 0.569. The number of para-hydroxylation sites is 1. The van der Waals surface area contributed by atoms with Crippen molar-refractivity contribution >= 4 is 34.8 Å². The Bertz CT molecular complexity index is 1070. The van der Waals surface area contributed by atoms with Gasteiger partial charge in [0.05, 0.1) is 23.4 Å². The van der Waals surface area contributed by atoms with E-state index in [1.165, 1.54) is 19.2 Å². The van der Waals surface area contributed by atoms with Crippen molar-refractivity contribution in [1.29, 1.82) is 0 Å². The predicted octanol–water partition coefficient (Wildman–Crippen LogP) is 4.76. The molecular formula is C22H18ClFN2O4. The fourth-order valence-corrected chi connectivity index (χ4v) is 2.76. The van der Waals surface area contributed by atoms with Crippen molar-refractivity contribution in [2.24, 2.45) is 0 Å². The molecule has 0 aromatic heterocycles. The number of hydrogen-bond donors (Lipinski definition) is 2. The zero-order chi connectivity index (χ0) is 21.5. The van der Waals surface area contributed by atoms with Crippen LogP contribution in [-0.4, -0.2) is 25.5 Å². The van der Waals surface area contributed by atoms with Gasteiger partial charge in [0.1, 0.15) is 17.3 Å². The maximum absolute atomic E-state index is 13.2. The van der Waals surface area contributed by atoms with E-state index in [1.807, 2.05) is 0 Å². The molecule has 30 heavy (non-hydrogen) atoms. The van der Waals surface area contributed by atoms with Gasteiger partial charge in [-0.25, -0.2) is 4.39 Å². The molecule has 0 bridgehead atoms. The van der Waals surface area contributed by atoms with Crippen LogP contribution >= 0.6 is 11.6 Å². The van der Waals surface area contributed by atoms with Gasteiger partial charge in [-0.2, -0.15) is 0 Å². The van der Waals surface area contributed by atoms with Crippen molar-refractivity contribution in [2.75, 3.05) is 24.4 Å². The molecule has 0 aliphatic rings. The Hall–Kier alpha value is -3.58. The Kier molecular flexibility index (Phi) is 6.87. The minimum absolute atomic E-state index is 0.104. The normalized spacial score (nSPS) is 10.2. The van der Waals surface area contributed by atoms with Gasteiger partial charge in [-0.05, 0) is 36.4 Å². The van der Waals surface area contributed by atoms with Gasteiger partial charge in [-0.3, -0.25) is 9.59 Å². The van der Waals surface area contributed by atoms with Crippen LogP contribution in [0.3, 0.4) is 0 Å². The molecule has 0 aliphatic carbocycles. The molecular weight excluding hydrogens is 411 g/mol. The number of nitrogens with one attached hydrogen (secondary N) is 2. The zero-order valence-electron chi connectivity index (χ0n) is 15.9. The summed E-state index contributed by atoms with van der Waals surface area (Å²) in [6, 6.07) is 17.3. The summed E-state index contributed by atoms with van der Waals surface area (Å²) in [5.74, 6) is -0.611. The number of benzene rings is 3. The Balaban J connectivity index is 1.65. The van der Waals surface area contributed by atoms with Crippen molar-refractivity contribution < 1.29 is 23.5 Å². The average molecular weight is 429 g/mol. The third kappa shape index (κ3) is 5.48. The van der Waals surface area contributed by atoms with E-state index in [4.69, 9.17) is 21.1 Å². The lowest BCUT2D eigenvalue weighted by Crippen LogP contribution is -2.22. The van der Waals surface area contributed by atoms with E-state index >= 15 is 0 Å². The maximum Gasteiger partial charge on any atom is 0.262 e. The van der Waals surface area contributed by atoms with E-state index in [2.05, 4.69) is 10.6 Å². The molecule has 0 saturated carbocycles. The predicted molar refractivity (Wildman–Crippen MR) is 113 cm³/mol. The van der Waals surface area contributed by atoms with E-state index in [-0.39, 0.29) is 22.9 Å². The van der Waals surface area contributed by atoms with Crippen LogP contribution in [-0.2, 0) is 4.79 Å². The molecule has 0 fully saturated rings. The Morgan fingerprint density at radius 3 is 2.53 bits per heavy atom. The second-order valence-electron chi connectivity index (χ2n) is 6.14. The van der Waals surface area contributed by atoms with Gasteiger partial charge in [-0.15, -0.1) is 0 Å². The lowest BCUT2D eigenvalue weighted by atomic mass is 10.1. The van der Waals surface area contributed by atoms with Crippen LogP contribution in [0.4, 0.5) is 15.8 Å². The smallest absolute Gasteiger partial charge is 0.262 e. The molecule has 0 radical (unpaired) electrons. The molecule has 3 rings (SSSR count). The topological polar surface area (TPSA) is 76.7 Å². The fraction of sp³-hybridized carbons (Fsp3) is 0.0909. The van der Waals surface area contributed by atoms with Gasteiger partial charge in [0.15, 0.2) is 6.61 Å². The minimum atomic E-state index is -0.579.